The van der Waals surface area contributed by atoms with Crippen LogP contribution in [0.2, 0.25) is 0 Å². The predicted molar refractivity (Wildman–Crippen MR) is 92.8 cm³/mol. The van der Waals surface area contributed by atoms with Crippen LogP contribution in [0.5, 0.6) is 0 Å². The van der Waals surface area contributed by atoms with Gasteiger partial charge in [-0.15, -0.1) is 0 Å². The zero-order valence-corrected chi connectivity index (χ0v) is 14.2. The Morgan fingerprint density at radius 2 is 1.79 bits per heavy atom. The van der Waals surface area contributed by atoms with Gasteiger partial charge in [-0.05, 0) is 43.7 Å². The number of hydrogen-bond acceptors (Lipinski definition) is 3. The van der Waals surface area contributed by atoms with Crippen LogP contribution in [0.1, 0.15) is 18.9 Å². The molecule has 2 unspecified atom stereocenters. The fourth-order valence-electron chi connectivity index (χ4n) is 3.85. The number of carbonyl (C=O) groups is 2. The molecule has 2 amide bonds. The first-order valence-corrected chi connectivity index (χ1v) is 8.73. The average Bonchev–Trinajstić information content (AvgIpc) is 3.13. The van der Waals surface area contributed by atoms with Gasteiger partial charge in [0.2, 0.25) is 11.8 Å². The van der Waals surface area contributed by atoms with Gasteiger partial charge >= 0.3 is 0 Å². The van der Waals surface area contributed by atoms with Gasteiger partial charge in [0.05, 0.1) is 0 Å². The molecule has 129 valence electrons. The Balaban J connectivity index is 1.42. The van der Waals surface area contributed by atoms with Gasteiger partial charge in [0.1, 0.15) is 5.92 Å². The van der Waals surface area contributed by atoms with Crippen molar-refractivity contribution >= 4 is 11.8 Å². The molecule has 0 aromatic heterocycles. The number of nitrogens with zero attached hydrogens (tertiary/aromatic N) is 2. The number of primary amides is 1. The second-order valence-corrected chi connectivity index (χ2v) is 7.05. The fourth-order valence-corrected chi connectivity index (χ4v) is 3.85. The molecule has 2 fully saturated rings. The lowest BCUT2D eigenvalue weighted by Crippen LogP contribution is -2.40. The van der Waals surface area contributed by atoms with Crippen LogP contribution in [-0.4, -0.2) is 54.3 Å². The highest BCUT2D eigenvalue weighted by molar-refractivity contribution is 5.99. The lowest BCUT2D eigenvalue weighted by Gasteiger charge is -2.23. The smallest absolute Gasteiger partial charge is 0.234 e. The van der Waals surface area contributed by atoms with Gasteiger partial charge in [-0.3, -0.25) is 9.59 Å². The number of amides is 2. The average molecular weight is 328 g/mol. The van der Waals surface area contributed by atoms with Crippen molar-refractivity contribution in [3.05, 3.63) is 42.3 Å². The van der Waals surface area contributed by atoms with E-state index in [4.69, 9.17) is 5.73 Å². The molecule has 1 radical (unpaired) electrons. The van der Waals surface area contributed by atoms with Crippen molar-refractivity contribution in [1.29, 1.82) is 0 Å². The Morgan fingerprint density at radius 1 is 1.17 bits per heavy atom. The third kappa shape index (κ3) is 3.78. The SMILES string of the molecule is CC(C(N)=O)C(=O)N1CC2CN(CC[CH]c3ccccc3)C[C@H]2C1. The lowest BCUT2D eigenvalue weighted by molar-refractivity contribution is -0.139. The molecule has 1 aromatic carbocycles. The van der Waals surface area contributed by atoms with E-state index in [0.29, 0.717) is 11.8 Å². The number of likely N-dealkylation sites (tertiary alicyclic amines) is 2. The Morgan fingerprint density at radius 3 is 2.38 bits per heavy atom. The highest BCUT2D eigenvalue weighted by Crippen LogP contribution is 2.32. The molecule has 0 saturated carbocycles. The maximum absolute atomic E-state index is 12.2. The minimum absolute atomic E-state index is 0.110. The Labute approximate surface area is 143 Å². The quantitative estimate of drug-likeness (QED) is 0.797. The van der Waals surface area contributed by atoms with Crippen LogP contribution in [0.15, 0.2) is 30.3 Å². The maximum atomic E-state index is 12.2. The normalized spacial score (nSPS) is 24.8. The van der Waals surface area contributed by atoms with E-state index in [0.717, 1.165) is 39.1 Å². The van der Waals surface area contributed by atoms with Gasteiger partial charge in [0.15, 0.2) is 0 Å². The minimum Gasteiger partial charge on any atom is -0.369 e. The number of hydrogen-bond donors (Lipinski definition) is 1. The molecule has 0 bridgehead atoms. The molecule has 2 heterocycles. The summed E-state index contributed by atoms with van der Waals surface area (Å²) in [5.41, 5.74) is 6.52. The summed E-state index contributed by atoms with van der Waals surface area (Å²) in [7, 11) is 0. The second kappa shape index (κ2) is 7.34. The van der Waals surface area contributed by atoms with E-state index < -0.39 is 11.8 Å². The van der Waals surface area contributed by atoms with E-state index in [-0.39, 0.29) is 5.91 Å². The molecule has 2 saturated heterocycles. The topological polar surface area (TPSA) is 66.6 Å². The summed E-state index contributed by atoms with van der Waals surface area (Å²) in [6, 6.07) is 10.4. The largest absolute Gasteiger partial charge is 0.369 e. The summed E-state index contributed by atoms with van der Waals surface area (Å²) in [6.45, 7) is 6.28. The molecular weight excluding hydrogens is 302 g/mol. The van der Waals surface area contributed by atoms with E-state index in [1.54, 1.807) is 6.92 Å². The molecule has 2 N–H and O–H groups in total. The first kappa shape index (κ1) is 17.0. The van der Waals surface area contributed by atoms with Crippen molar-refractivity contribution in [2.45, 2.75) is 13.3 Å². The van der Waals surface area contributed by atoms with Crippen LogP contribution in [0, 0.1) is 24.2 Å². The zero-order chi connectivity index (χ0) is 17.1. The van der Waals surface area contributed by atoms with Crippen LogP contribution < -0.4 is 5.73 Å². The van der Waals surface area contributed by atoms with Crippen LogP contribution in [-0.2, 0) is 9.59 Å². The fraction of sp³-hybridized carbons (Fsp3) is 0.526. The maximum Gasteiger partial charge on any atom is 0.234 e. The van der Waals surface area contributed by atoms with Crippen molar-refractivity contribution in [1.82, 2.24) is 9.80 Å². The minimum atomic E-state index is -0.708. The first-order valence-electron chi connectivity index (χ1n) is 8.73. The molecule has 2 aliphatic heterocycles. The standard InChI is InChI=1S/C19H26N3O2/c1-14(18(20)23)19(24)22-12-16-10-21(11-17(16)13-22)9-5-8-15-6-3-2-4-7-15/h2-4,6-8,14,16-17H,5,9-13H2,1H3,(H2,20,23)/t14?,16-,17?/m0/s1. The summed E-state index contributed by atoms with van der Waals surface area (Å²) in [6.07, 6.45) is 3.32. The summed E-state index contributed by atoms with van der Waals surface area (Å²) in [5, 5.41) is 0. The lowest BCUT2D eigenvalue weighted by atomic mass is 10.0. The molecule has 0 aliphatic carbocycles. The van der Waals surface area contributed by atoms with Gasteiger partial charge in [0.25, 0.3) is 0 Å². The monoisotopic (exact) mass is 328 g/mol. The molecule has 3 atom stereocenters. The van der Waals surface area contributed by atoms with Gasteiger partial charge in [-0.1, -0.05) is 30.3 Å². The Kier molecular flexibility index (Phi) is 5.19. The van der Waals surface area contributed by atoms with Crippen molar-refractivity contribution < 1.29 is 9.59 Å². The summed E-state index contributed by atoms with van der Waals surface area (Å²) < 4.78 is 0. The molecule has 0 spiro atoms. The van der Waals surface area contributed by atoms with E-state index in [9.17, 15) is 9.59 Å². The third-order valence-electron chi connectivity index (χ3n) is 5.30. The number of rotatable bonds is 6. The van der Waals surface area contributed by atoms with Crippen LogP contribution >= 0.6 is 0 Å². The predicted octanol–water partition coefficient (Wildman–Crippen LogP) is 1.14. The van der Waals surface area contributed by atoms with Crippen LogP contribution in [0.25, 0.3) is 0 Å². The second-order valence-electron chi connectivity index (χ2n) is 7.05. The Hall–Kier alpha value is -1.88. The summed E-state index contributed by atoms with van der Waals surface area (Å²) in [5.74, 6) is -0.284. The third-order valence-corrected chi connectivity index (χ3v) is 5.30. The molecular formula is C19H26N3O2. The van der Waals surface area contributed by atoms with Crippen LogP contribution in [0.3, 0.4) is 0 Å². The zero-order valence-electron chi connectivity index (χ0n) is 14.2. The Bertz CT molecular complexity index is 576. The summed E-state index contributed by atoms with van der Waals surface area (Å²) in [4.78, 5) is 27.8. The molecule has 2 aliphatic rings. The van der Waals surface area contributed by atoms with Crippen molar-refractivity contribution in [2.24, 2.45) is 23.5 Å². The van der Waals surface area contributed by atoms with E-state index in [2.05, 4.69) is 35.6 Å². The molecule has 24 heavy (non-hydrogen) atoms. The number of carbonyl (C=O) groups excluding carboxylic acids is 2. The molecule has 5 heteroatoms. The number of benzene rings is 1. The molecule has 1 aromatic rings. The van der Waals surface area contributed by atoms with Gasteiger partial charge < -0.3 is 15.5 Å². The number of fused-ring (bicyclic) bond motifs is 1. The summed E-state index contributed by atoms with van der Waals surface area (Å²) >= 11 is 0. The first-order chi connectivity index (χ1) is 11.5. The number of nitrogens with two attached hydrogens (primary N) is 1. The van der Waals surface area contributed by atoms with Gasteiger partial charge in [-0.2, -0.15) is 0 Å². The van der Waals surface area contributed by atoms with Crippen LogP contribution in [0.4, 0.5) is 0 Å². The van der Waals surface area contributed by atoms with Crippen molar-refractivity contribution in [3.8, 4) is 0 Å². The van der Waals surface area contributed by atoms with Crippen molar-refractivity contribution in [2.75, 3.05) is 32.7 Å². The van der Waals surface area contributed by atoms with E-state index in [1.807, 2.05) is 11.0 Å². The van der Waals surface area contributed by atoms with Crippen molar-refractivity contribution in [3.63, 3.8) is 0 Å². The van der Waals surface area contributed by atoms with Gasteiger partial charge in [-0.25, -0.2) is 0 Å². The van der Waals surface area contributed by atoms with Gasteiger partial charge in [0, 0.05) is 26.2 Å². The van der Waals surface area contributed by atoms with E-state index in [1.165, 1.54) is 5.56 Å². The highest BCUT2D eigenvalue weighted by Gasteiger charge is 2.42. The van der Waals surface area contributed by atoms with E-state index >= 15 is 0 Å². The molecule has 5 nitrogen and oxygen atoms in total. The molecule has 3 rings (SSSR count). The highest BCUT2D eigenvalue weighted by atomic mass is 16.2.